The molecule has 0 spiro atoms. The van der Waals surface area contributed by atoms with Gasteiger partial charge < -0.3 is 16.1 Å². The molecule has 0 amide bonds. The summed E-state index contributed by atoms with van der Waals surface area (Å²) in [4.78, 5) is 30.6. The van der Waals surface area contributed by atoms with Gasteiger partial charge in [-0.25, -0.2) is 24.0 Å². The molecule has 0 aliphatic carbocycles. The van der Waals surface area contributed by atoms with Crippen molar-refractivity contribution in [2.45, 2.75) is 20.3 Å². The number of aliphatic imine (C=N–C) groups is 1. The predicted molar refractivity (Wildman–Crippen MR) is 123 cm³/mol. The van der Waals surface area contributed by atoms with Gasteiger partial charge in [0.25, 0.3) is 0 Å². The molecule has 3 heterocycles. The van der Waals surface area contributed by atoms with Crippen LogP contribution >= 0.6 is 0 Å². The van der Waals surface area contributed by atoms with E-state index in [1.54, 1.807) is 18.3 Å². The zero-order valence-electron chi connectivity index (χ0n) is 17.5. The van der Waals surface area contributed by atoms with Gasteiger partial charge in [0, 0.05) is 30.6 Å². The standard InChI is InChI=1S/C18H19FN8O.C3H6/c1-11(7-21-8-12(2)19)16-25-17(15-18(26-16)27(20)10-24-15)22-6-5-13-3-4-14(28)23-9-13;1-3-2/h3-4,7-10H,1,5-6,20H2,2H3,(H,23,28)(H,22,25,26);3H,1H2,2H3/b12-8+,21-7?;. The summed E-state index contributed by atoms with van der Waals surface area (Å²) in [7, 11) is 0. The molecule has 0 unspecified atom stereocenters. The lowest BCUT2D eigenvalue weighted by Gasteiger charge is -2.08. The highest BCUT2D eigenvalue weighted by Gasteiger charge is 2.13. The van der Waals surface area contributed by atoms with E-state index in [0.717, 1.165) is 11.8 Å². The number of aromatic nitrogens is 5. The van der Waals surface area contributed by atoms with Gasteiger partial charge in [0.05, 0.1) is 6.20 Å². The Hall–Kier alpha value is -4.08. The Kier molecular flexibility index (Phi) is 8.38. The molecule has 0 aliphatic heterocycles. The number of nitrogen functional groups attached to an aromatic ring is 1. The summed E-state index contributed by atoms with van der Waals surface area (Å²) in [6, 6.07) is 3.23. The van der Waals surface area contributed by atoms with E-state index >= 15 is 0 Å². The molecule has 0 saturated carbocycles. The predicted octanol–water partition coefficient (Wildman–Crippen LogP) is 2.99. The highest BCUT2D eigenvalue weighted by Crippen LogP contribution is 2.20. The lowest BCUT2D eigenvalue weighted by Crippen LogP contribution is -2.12. The molecule has 0 aromatic carbocycles. The molecule has 31 heavy (non-hydrogen) atoms. The van der Waals surface area contributed by atoms with Gasteiger partial charge in [-0.1, -0.05) is 18.7 Å². The van der Waals surface area contributed by atoms with Crippen LogP contribution in [0.4, 0.5) is 10.2 Å². The molecule has 162 valence electrons. The van der Waals surface area contributed by atoms with Crippen molar-refractivity contribution in [3.05, 3.63) is 77.7 Å². The van der Waals surface area contributed by atoms with Crippen LogP contribution in [0.3, 0.4) is 0 Å². The Morgan fingerprint density at radius 3 is 2.81 bits per heavy atom. The van der Waals surface area contributed by atoms with E-state index in [4.69, 9.17) is 5.84 Å². The maximum Gasteiger partial charge on any atom is 0.247 e. The lowest BCUT2D eigenvalue weighted by molar-refractivity contribution is 0.637. The van der Waals surface area contributed by atoms with Crippen molar-refractivity contribution in [1.82, 2.24) is 24.6 Å². The molecule has 9 nitrogen and oxygen atoms in total. The number of anilines is 1. The van der Waals surface area contributed by atoms with Gasteiger partial charge in [0.1, 0.15) is 12.2 Å². The molecule has 0 saturated heterocycles. The Morgan fingerprint density at radius 1 is 1.42 bits per heavy atom. The molecule has 3 rings (SSSR count). The van der Waals surface area contributed by atoms with Crippen LogP contribution < -0.4 is 16.7 Å². The SMILES string of the molecule is C=C(C=N/C=C(\C)F)c1nc(NCCc2ccc(=O)[nH]c2)c2ncn(N)c2n1.C=CC. The van der Waals surface area contributed by atoms with Gasteiger partial charge in [-0.05, 0) is 25.8 Å². The number of hydrogen-bond donors (Lipinski definition) is 3. The van der Waals surface area contributed by atoms with Gasteiger partial charge >= 0.3 is 0 Å². The Bertz CT molecular complexity index is 1150. The molecular weight excluding hydrogens is 399 g/mol. The van der Waals surface area contributed by atoms with Crippen LogP contribution in [-0.4, -0.2) is 37.4 Å². The minimum atomic E-state index is -0.426. The Balaban J connectivity index is 0.00000107. The van der Waals surface area contributed by atoms with E-state index in [1.807, 2.05) is 6.92 Å². The number of hydrogen-bond acceptors (Lipinski definition) is 7. The van der Waals surface area contributed by atoms with E-state index in [1.165, 1.54) is 30.2 Å². The average Bonchev–Trinajstić information content (AvgIpc) is 3.11. The Labute approximate surface area is 179 Å². The van der Waals surface area contributed by atoms with Crippen LogP contribution in [0.5, 0.6) is 0 Å². The fraction of sp³-hybridized carbons (Fsp3) is 0.190. The summed E-state index contributed by atoms with van der Waals surface area (Å²) < 4.78 is 14.0. The van der Waals surface area contributed by atoms with Crippen LogP contribution in [0, 0.1) is 0 Å². The number of imidazole rings is 1. The fourth-order valence-corrected chi connectivity index (χ4v) is 2.39. The van der Waals surface area contributed by atoms with Gasteiger partial charge in [-0.2, -0.15) is 0 Å². The van der Waals surface area contributed by atoms with Crippen molar-refractivity contribution < 1.29 is 4.39 Å². The highest BCUT2D eigenvalue weighted by atomic mass is 19.1. The summed E-state index contributed by atoms with van der Waals surface area (Å²) in [6.45, 7) is 10.9. The minimum Gasteiger partial charge on any atom is -0.368 e. The van der Waals surface area contributed by atoms with Crippen LogP contribution in [0.25, 0.3) is 16.7 Å². The van der Waals surface area contributed by atoms with Crippen LogP contribution in [0.1, 0.15) is 25.2 Å². The number of rotatable bonds is 7. The number of nitrogens with one attached hydrogen (secondary N) is 2. The second-order valence-corrected chi connectivity index (χ2v) is 6.39. The second-order valence-electron chi connectivity index (χ2n) is 6.39. The number of halogens is 1. The highest BCUT2D eigenvalue weighted by molar-refractivity contribution is 6.08. The van der Waals surface area contributed by atoms with Crippen molar-refractivity contribution in [2.24, 2.45) is 4.99 Å². The molecule has 3 aromatic heterocycles. The van der Waals surface area contributed by atoms with Crippen molar-refractivity contribution in [1.29, 1.82) is 0 Å². The number of pyridine rings is 1. The van der Waals surface area contributed by atoms with Crippen LogP contribution in [-0.2, 0) is 6.42 Å². The summed E-state index contributed by atoms with van der Waals surface area (Å²) >= 11 is 0. The normalized spacial score (nSPS) is 11.3. The zero-order chi connectivity index (χ0) is 22.8. The molecule has 4 N–H and O–H groups in total. The summed E-state index contributed by atoms with van der Waals surface area (Å²) in [5.74, 6) is 6.22. The quantitative estimate of drug-likeness (QED) is 0.304. The first-order valence-electron chi connectivity index (χ1n) is 9.39. The molecule has 0 atom stereocenters. The van der Waals surface area contributed by atoms with Gasteiger partial charge in [-0.15, -0.1) is 6.58 Å². The van der Waals surface area contributed by atoms with Crippen molar-refractivity contribution >= 4 is 28.8 Å². The van der Waals surface area contributed by atoms with E-state index in [0.29, 0.717) is 41.3 Å². The van der Waals surface area contributed by atoms with E-state index < -0.39 is 5.83 Å². The fourth-order valence-electron chi connectivity index (χ4n) is 2.39. The van der Waals surface area contributed by atoms with Gasteiger partial charge in [0.15, 0.2) is 22.8 Å². The average molecular weight is 424 g/mol. The largest absolute Gasteiger partial charge is 0.368 e. The van der Waals surface area contributed by atoms with Gasteiger partial charge in [-0.3, -0.25) is 9.79 Å². The third-order valence-electron chi connectivity index (χ3n) is 3.75. The van der Waals surface area contributed by atoms with E-state index in [9.17, 15) is 9.18 Å². The minimum absolute atomic E-state index is 0.148. The number of nitrogens with zero attached hydrogens (tertiary/aromatic N) is 5. The maximum atomic E-state index is 12.8. The van der Waals surface area contributed by atoms with Crippen molar-refractivity contribution in [2.75, 3.05) is 17.7 Å². The number of nitrogens with two attached hydrogens (primary N) is 1. The van der Waals surface area contributed by atoms with Crippen LogP contribution in [0.2, 0.25) is 0 Å². The molecule has 10 heteroatoms. The van der Waals surface area contributed by atoms with Gasteiger partial charge in [0.2, 0.25) is 5.56 Å². The lowest BCUT2D eigenvalue weighted by atomic mass is 10.2. The molecule has 3 aromatic rings. The third-order valence-corrected chi connectivity index (χ3v) is 3.75. The zero-order valence-corrected chi connectivity index (χ0v) is 17.5. The first-order valence-corrected chi connectivity index (χ1v) is 9.39. The topological polar surface area (TPSA) is 127 Å². The smallest absolute Gasteiger partial charge is 0.247 e. The maximum absolute atomic E-state index is 12.8. The second kappa shape index (κ2) is 11.2. The van der Waals surface area contributed by atoms with Crippen molar-refractivity contribution in [3.63, 3.8) is 0 Å². The summed E-state index contributed by atoms with van der Waals surface area (Å²) in [5, 5.41) is 3.20. The number of aromatic amines is 1. The summed E-state index contributed by atoms with van der Waals surface area (Å²) in [6.07, 6.45) is 7.94. The van der Waals surface area contributed by atoms with E-state index in [2.05, 4.69) is 43.4 Å². The summed E-state index contributed by atoms with van der Waals surface area (Å²) in [5.41, 5.74) is 2.14. The molecule has 0 bridgehead atoms. The first kappa shape index (κ1) is 23.2. The molecule has 0 radical (unpaired) electrons. The number of allylic oxidation sites excluding steroid dienone is 3. The molecule has 0 fully saturated rings. The third kappa shape index (κ3) is 6.74. The first-order chi connectivity index (χ1) is 14.8. The molecular formula is C21H25FN8O. The Morgan fingerprint density at radius 2 is 2.16 bits per heavy atom. The number of fused-ring (bicyclic) bond motifs is 1. The van der Waals surface area contributed by atoms with Crippen molar-refractivity contribution in [3.8, 4) is 0 Å². The molecule has 0 aliphatic rings. The number of H-pyrrole nitrogens is 1. The monoisotopic (exact) mass is 424 g/mol. The van der Waals surface area contributed by atoms with Crippen LogP contribution in [0.15, 0.2) is 65.7 Å². The van der Waals surface area contributed by atoms with E-state index in [-0.39, 0.29) is 5.56 Å².